The molecule has 4 aliphatic carbocycles. The van der Waals surface area contributed by atoms with Gasteiger partial charge in [-0.3, -0.25) is 14.3 Å². The molecule has 232 valence electrons. The number of carbonyl (C=O) groups excluding carboxylic acids is 1. The van der Waals surface area contributed by atoms with Gasteiger partial charge in [-0.05, 0) is 80.4 Å². The number of benzene rings is 1. The highest BCUT2D eigenvalue weighted by Crippen LogP contribution is 2.62. The molecule has 44 heavy (non-hydrogen) atoms. The van der Waals surface area contributed by atoms with E-state index in [9.17, 15) is 4.79 Å². The molecule has 4 bridgehead atoms. The number of rotatable bonds is 7. The first kappa shape index (κ1) is 28.5. The summed E-state index contributed by atoms with van der Waals surface area (Å²) in [4.78, 5) is 32.5. The van der Waals surface area contributed by atoms with Gasteiger partial charge in [0.15, 0.2) is 11.5 Å². The van der Waals surface area contributed by atoms with Crippen LogP contribution in [0.15, 0.2) is 43.0 Å². The van der Waals surface area contributed by atoms with Crippen LogP contribution in [0, 0.1) is 30.6 Å². The number of ether oxygens (including phenoxy) is 2. The topological polar surface area (TPSA) is 97.6 Å². The van der Waals surface area contributed by atoms with Crippen molar-refractivity contribution in [2.75, 3.05) is 44.3 Å². The van der Waals surface area contributed by atoms with Gasteiger partial charge in [-0.25, -0.2) is 9.97 Å². The van der Waals surface area contributed by atoms with Crippen molar-refractivity contribution in [3.63, 3.8) is 0 Å². The number of fused-ring (bicyclic) bond motifs is 1. The van der Waals surface area contributed by atoms with E-state index in [0.717, 1.165) is 66.0 Å². The van der Waals surface area contributed by atoms with Gasteiger partial charge in [0.05, 0.1) is 0 Å². The van der Waals surface area contributed by atoms with Crippen LogP contribution in [0.3, 0.4) is 0 Å². The molecule has 5 fully saturated rings. The van der Waals surface area contributed by atoms with Crippen LogP contribution in [0.25, 0.3) is 5.95 Å². The normalized spacial score (nSPS) is 30.9. The Hall–Kier alpha value is -2.93. The predicted octanol–water partition coefficient (Wildman–Crippen LogP) is 4.18. The van der Waals surface area contributed by atoms with Crippen molar-refractivity contribution in [3.05, 3.63) is 54.2 Å². The molecular formula is C33H40IN7O3. The number of alkyl halides is 1. The van der Waals surface area contributed by atoms with Crippen molar-refractivity contribution in [2.45, 2.75) is 55.0 Å². The second kappa shape index (κ2) is 11.5. The van der Waals surface area contributed by atoms with Crippen molar-refractivity contribution in [1.29, 1.82) is 0 Å². The lowest BCUT2D eigenvalue weighted by Crippen LogP contribution is -2.61. The van der Waals surface area contributed by atoms with Crippen LogP contribution in [0.4, 0.5) is 5.82 Å². The third-order valence-corrected chi connectivity index (χ3v) is 12.2. The van der Waals surface area contributed by atoms with Crippen LogP contribution < -0.4 is 19.7 Å². The first-order chi connectivity index (χ1) is 21.4. The highest BCUT2D eigenvalue weighted by Gasteiger charge is 2.55. The molecule has 9 rings (SSSR count). The fourth-order valence-corrected chi connectivity index (χ4v) is 10.8. The van der Waals surface area contributed by atoms with Crippen LogP contribution in [-0.2, 0) is 11.3 Å². The van der Waals surface area contributed by atoms with Gasteiger partial charge in [0.25, 0.3) is 0 Å². The molecule has 10 nitrogen and oxygen atoms in total. The van der Waals surface area contributed by atoms with E-state index in [0.29, 0.717) is 41.6 Å². The Balaban J connectivity index is 1.03. The lowest BCUT2D eigenvalue weighted by Gasteiger charge is -2.59. The van der Waals surface area contributed by atoms with Crippen molar-refractivity contribution in [1.82, 2.24) is 29.7 Å². The lowest BCUT2D eigenvalue weighted by atomic mass is 9.52. The number of nitrogens with one attached hydrogen (secondary N) is 1. The summed E-state index contributed by atoms with van der Waals surface area (Å²) in [5, 5.41) is 3.48. The molecule has 0 radical (unpaired) electrons. The minimum Gasteiger partial charge on any atom is -0.486 e. The van der Waals surface area contributed by atoms with Crippen molar-refractivity contribution in [2.24, 2.45) is 23.7 Å². The van der Waals surface area contributed by atoms with Gasteiger partial charge in [-0.2, -0.15) is 4.98 Å². The van der Waals surface area contributed by atoms with Gasteiger partial charge < -0.3 is 19.7 Å². The summed E-state index contributed by atoms with van der Waals surface area (Å²) in [6.07, 6.45) is 12.0. The molecule has 1 saturated heterocycles. The van der Waals surface area contributed by atoms with Gasteiger partial charge in [0.2, 0.25) is 11.9 Å². The summed E-state index contributed by atoms with van der Waals surface area (Å²) in [6.45, 7) is 6.74. The molecule has 0 spiro atoms. The molecular weight excluding hydrogens is 669 g/mol. The number of nitrogens with zero attached hydrogens (tertiary/aromatic N) is 6. The van der Waals surface area contributed by atoms with Crippen LogP contribution in [0.2, 0.25) is 0 Å². The molecule has 1 aromatic carbocycles. The van der Waals surface area contributed by atoms with Gasteiger partial charge >= 0.3 is 0 Å². The molecule has 4 heterocycles. The highest BCUT2D eigenvalue weighted by molar-refractivity contribution is 14.1. The molecule has 4 atom stereocenters. The van der Waals surface area contributed by atoms with Crippen LogP contribution in [-0.4, -0.2) is 79.2 Å². The molecule has 11 heteroatoms. The highest BCUT2D eigenvalue weighted by atomic mass is 127. The molecule has 1 amide bonds. The standard InChI is InChI=1S/C33H40IN7O3/c1-21-10-30(38-32(37-21)40-5-4-35-20-40)41-7-6-39(18-22-2-3-28-29(14-22)44-9-8-43-28)19-27(41)31(42)36-17-26-25-12-23-11-24(13-25)16-33(26,34)15-23/h2-5,10,14,20,23-27H,6-9,11-13,15-19H2,1H3,(H,36,42). The quantitative estimate of drug-likeness (QED) is 0.289. The zero-order valence-electron chi connectivity index (χ0n) is 25.2. The second-order valence-corrected chi connectivity index (χ2v) is 15.7. The fraction of sp³-hybridized carbons (Fsp3) is 0.576. The fourth-order valence-electron chi connectivity index (χ4n) is 8.83. The van der Waals surface area contributed by atoms with E-state index in [4.69, 9.17) is 14.5 Å². The third kappa shape index (κ3) is 5.44. The zero-order valence-corrected chi connectivity index (χ0v) is 27.4. The average molecular weight is 710 g/mol. The number of carbonyl (C=O) groups is 1. The van der Waals surface area contributed by atoms with Gasteiger partial charge in [-0.15, -0.1) is 0 Å². The molecule has 4 unspecified atom stereocenters. The minimum absolute atomic E-state index is 0.0890. The second-order valence-electron chi connectivity index (χ2n) is 13.6. The van der Waals surface area contributed by atoms with Gasteiger partial charge in [0.1, 0.15) is 31.4 Å². The maximum atomic E-state index is 14.2. The number of halogens is 1. The monoisotopic (exact) mass is 709 g/mol. The Morgan fingerprint density at radius 1 is 1.07 bits per heavy atom. The number of amides is 1. The summed E-state index contributed by atoms with van der Waals surface area (Å²) >= 11 is 2.77. The summed E-state index contributed by atoms with van der Waals surface area (Å²) in [5.74, 6) is 6.12. The molecule has 1 N–H and O–H groups in total. The first-order valence-electron chi connectivity index (χ1n) is 16.1. The van der Waals surface area contributed by atoms with E-state index in [1.165, 1.54) is 32.1 Å². The van der Waals surface area contributed by atoms with E-state index in [1.54, 1.807) is 12.5 Å². The number of aryl methyl sites for hydroxylation is 1. The lowest BCUT2D eigenvalue weighted by molar-refractivity contribution is -0.124. The van der Waals surface area contributed by atoms with Crippen molar-refractivity contribution in [3.8, 4) is 17.4 Å². The van der Waals surface area contributed by atoms with E-state index in [1.807, 2.05) is 29.8 Å². The number of hydrogen-bond donors (Lipinski definition) is 1. The molecule has 2 aromatic heterocycles. The Labute approximate surface area is 272 Å². The molecule has 4 saturated carbocycles. The Kier molecular flexibility index (Phi) is 7.43. The number of anilines is 1. The third-order valence-electron chi connectivity index (χ3n) is 10.6. The summed E-state index contributed by atoms with van der Waals surface area (Å²) in [7, 11) is 0. The van der Waals surface area contributed by atoms with Crippen molar-refractivity contribution >= 4 is 34.3 Å². The number of imidazole rings is 1. The minimum atomic E-state index is -0.368. The smallest absolute Gasteiger partial charge is 0.244 e. The molecule has 6 aliphatic rings. The Morgan fingerprint density at radius 3 is 2.66 bits per heavy atom. The Morgan fingerprint density at radius 2 is 1.89 bits per heavy atom. The summed E-state index contributed by atoms with van der Waals surface area (Å²) in [5.41, 5.74) is 2.01. The predicted molar refractivity (Wildman–Crippen MR) is 175 cm³/mol. The van der Waals surface area contributed by atoms with Crippen LogP contribution in [0.1, 0.15) is 43.4 Å². The summed E-state index contributed by atoms with van der Waals surface area (Å²) in [6, 6.07) is 7.80. The first-order valence-corrected chi connectivity index (χ1v) is 17.2. The number of aromatic nitrogens is 4. The van der Waals surface area contributed by atoms with Crippen LogP contribution >= 0.6 is 22.6 Å². The molecule has 3 aromatic rings. The van der Waals surface area contributed by atoms with E-state index in [-0.39, 0.29) is 11.9 Å². The average Bonchev–Trinajstić information content (AvgIpc) is 3.55. The maximum absolute atomic E-state index is 14.2. The maximum Gasteiger partial charge on any atom is 0.244 e. The summed E-state index contributed by atoms with van der Waals surface area (Å²) < 4.78 is 13.7. The number of piperazine rings is 1. The zero-order chi connectivity index (χ0) is 29.8. The van der Waals surface area contributed by atoms with E-state index < -0.39 is 0 Å². The van der Waals surface area contributed by atoms with Gasteiger partial charge in [0, 0.05) is 60.3 Å². The molecule has 2 aliphatic heterocycles. The van der Waals surface area contributed by atoms with E-state index in [2.05, 4.69) is 59.8 Å². The van der Waals surface area contributed by atoms with Crippen LogP contribution in [0.5, 0.6) is 11.5 Å². The SMILES string of the molecule is Cc1cc(N2CCN(Cc3ccc4c(c3)OCCO4)CC2C(=O)NCC2C3CC4CC(C3)CC2(I)C4)nc(-n2ccnc2)n1. The van der Waals surface area contributed by atoms with Gasteiger partial charge in [-0.1, -0.05) is 28.7 Å². The Bertz CT molecular complexity index is 1520. The van der Waals surface area contributed by atoms with E-state index >= 15 is 0 Å². The van der Waals surface area contributed by atoms with Crippen molar-refractivity contribution < 1.29 is 14.3 Å². The largest absolute Gasteiger partial charge is 0.486 e. The number of hydrogen-bond acceptors (Lipinski definition) is 8.